The van der Waals surface area contributed by atoms with Crippen molar-refractivity contribution in [2.45, 2.75) is 13.8 Å². The summed E-state index contributed by atoms with van der Waals surface area (Å²) in [7, 11) is 2.07. The zero-order chi connectivity index (χ0) is 26.4. The maximum Gasteiger partial charge on any atom is 0.256 e. The van der Waals surface area contributed by atoms with Crippen LogP contribution in [0.1, 0.15) is 32.9 Å². The molecule has 2 N–H and O–H groups in total. The Bertz CT molecular complexity index is 1570. The minimum Gasteiger partial charge on any atom is -0.358 e. The molecule has 5 heterocycles. The first-order valence-corrected chi connectivity index (χ1v) is 12.7. The maximum absolute atomic E-state index is 13.3. The average Bonchev–Trinajstić information content (AvgIpc) is 3.61. The molecule has 0 saturated carbocycles. The van der Waals surface area contributed by atoms with E-state index in [9.17, 15) is 9.59 Å². The lowest BCUT2D eigenvalue weighted by Crippen LogP contribution is -2.47. The van der Waals surface area contributed by atoms with E-state index in [1.54, 1.807) is 17.1 Å². The Labute approximate surface area is 220 Å². The van der Waals surface area contributed by atoms with E-state index in [0.29, 0.717) is 24.2 Å². The van der Waals surface area contributed by atoms with Gasteiger partial charge in [0.2, 0.25) is 0 Å². The Balaban J connectivity index is 1.32. The number of fused-ring (bicyclic) bond motifs is 1. The number of H-pyrrole nitrogens is 1. The van der Waals surface area contributed by atoms with Gasteiger partial charge in [-0.2, -0.15) is 5.10 Å². The molecular weight excluding hydrogens is 478 g/mol. The summed E-state index contributed by atoms with van der Waals surface area (Å²) in [6.07, 6.45) is 7.30. The summed E-state index contributed by atoms with van der Waals surface area (Å²) in [6, 6.07) is 11.6. The van der Waals surface area contributed by atoms with Crippen LogP contribution >= 0.6 is 0 Å². The number of anilines is 1. The van der Waals surface area contributed by atoms with E-state index in [-0.39, 0.29) is 11.8 Å². The van der Waals surface area contributed by atoms with Crippen LogP contribution in [0.4, 0.5) is 5.69 Å². The summed E-state index contributed by atoms with van der Waals surface area (Å²) in [5.41, 5.74) is 7.13. The van der Waals surface area contributed by atoms with E-state index < -0.39 is 0 Å². The molecule has 38 heavy (non-hydrogen) atoms. The number of piperazine rings is 1. The highest BCUT2D eigenvalue weighted by Gasteiger charge is 2.28. The second-order valence-corrected chi connectivity index (χ2v) is 9.89. The van der Waals surface area contributed by atoms with Crippen molar-refractivity contribution in [2.24, 2.45) is 0 Å². The fourth-order valence-corrected chi connectivity index (χ4v) is 5.15. The van der Waals surface area contributed by atoms with Gasteiger partial charge in [0.1, 0.15) is 0 Å². The average molecular weight is 508 g/mol. The van der Waals surface area contributed by atoms with Gasteiger partial charge in [0.05, 0.1) is 17.3 Å². The maximum atomic E-state index is 13.3. The molecule has 9 nitrogen and oxygen atoms in total. The minimum atomic E-state index is -0.167. The smallest absolute Gasteiger partial charge is 0.256 e. The molecule has 2 aliphatic heterocycles. The highest BCUT2D eigenvalue weighted by atomic mass is 16.2. The van der Waals surface area contributed by atoms with E-state index in [2.05, 4.69) is 32.3 Å². The van der Waals surface area contributed by atoms with Crippen LogP contribution in [0, 0.1) is 13.8 Å². The molecule has 0 spiro atoms. The summed E-state index contributed by atoms with van der Waals surface area (Å²) in [6.45, 7) is 7.01. The van der Waals surface area contributed by atoms with Gasteiger partial charge in [-0.25, -0.2) is 9.67 Å². The first-order chi connectivity index (χ1) is 18.4. The molecule has 1 saturated heterocycles. The Kier molecular flexibility index (Phi) is 5.92. The monoisotopic (exact) mass is 507 g/mol. The molecule has 2 aliphatic rings. The van der Waals surface area contributed by atoms with E-state index in [4.69, 9.17) is 0 Å². The number of hydrogen-bond acceptors (Lipinski definition) is 5. The second-order valence-electron chi connectivity index (χ2n) is 9.89. The van der Waals surface area contributed by atoms with Crippen LogP contribution in [-0.2, 0) is 4.79 Å². The van der Waals surface area contributed by atoms with Gasteiger partial charge in [-0.3, -0.25) is 9.59 Å². The molecule has 6 rings (SSSR count). The van der Waals surface area contributed by atoms with Crippen LogP contribution in [0.15, 0.2) is 55.0 Å². The minimum absolute atomic E-state index is 0.0393. The Hall–Kier alpha value is -4.50. The van der Waals surface area contributed by atoms with Crippen LogP contribution in [0.2, 0.25) is 0 Å². The molecule has 3 aromatic heterocycles. The summed E-state index contributed by atoms with van der Waals surface area (Å²) in [5.74, 6) is 0.606. The Morgan fingerprint density at radius 1 is 1.05 bits per heavy atom. The van der Waals surface area contributed by atoms with Gasteiger partial charge in [0.25, 0.3) is 11.8 Å². The number of carbonyl (C=O) groups is 2. The number of nitrogens with zero attached hydrogens (tertiary/aromatic N) is 5. The van der Waals surface area contributed by atoms with E-state index >= 15 is 0 Å². The molecule has 0 aliphatic carbocycles. The predicted molar refractivity (Wildman–Crippen MR) is 147 cm³/mol. The number of likely N-dealkylation sites (N-methyl/N-ethyl adjacent to an activating group) is 1. The first kappa shape index (κ1) is 23.9. The number of benzene rings is 1. The van der Waals surface area contributed by atoms with Crippen molar-refractivity contribution < 1.29 is 9.59 Å². The zero-order valence-corrected chi connectivity index (χ0v) is 21.7. The van der Waals surface area contributed by atoms with E-state index in [1.165, 1.54) is 0 Å². The van der Waals surface area contributed by atoms with E-state index in [0.717, 1.165) is 58.2 Å². The fraction of sp³-hybridized carbons (Fsp3) is 0.241. The molecule has 2 amide bonds. The number of rotatable bonds is 4. The Morgan fingerprint density at radius 3 is 2.63 bits per heavy atom. The lowest BCUT2D eigenvalue weighted by Gasteiger charge is -2.32. The topological polar surface area (TPSA) is 99.1 Å². The number of aromatic nitrogens is 4. The van der Waals surface area contributed by atoms with Crippen molar-refractivity contribution in [2.75, 3.05) is 38.5 Å². The van der Waals surface area contributed by atoms with Gasteiger partial charge in [-0.1, -0.05) is 12.1 Å². The first-order valence-electron chi connectivity index (χ1n) is 12.7. The van der Waals surface area contributed by atoms with Gasteiger partial charge < -0.3 is 20.1 Å². The van der Waals surface area contributed by atoms with Crippen LogP contribution in [0.5, 0.6) is 0 Å². The lowest BCUT2D eigenvalue weighted by atomic mass is 9.99. The molecule has 1 fully saturated rings. The number of aromatic amines is 1. The number of nitrogens with one attached hydrogen (secondary N) is 2. The lowest BCUT2D eigenvalue weighted by molar-refractivity contribution is -0.110. The van der Waals surface area contributed by atoms with Gasteiger partial charge in [-0.05, 0) is 62.4 Å². The quantitative estimate of drug-likeness (QED) is 0.410. The van der Waals surface area contributed by atoms with Crippen molar-refractivity contribution in [3.63, 3.8) is 0 Å². The largest absolute Gasteiger partial charge is 0.358 e. The van der Waals surface area contributed by atoms with Crippen molar-refractivity contribution in [3.05, 3.63) is 83.1 Å². The molecule has 0 radical (unpaired) electrons. The van der Waals surface area contributed by atoms with Crippen molar-refractivity contribution >= 4 is 29.2 Å². The number of amides is 2. The molecular formula is C29H29N7O2. The van der Waals surface area contributed by atoms with Gasteiger partial charge in [0.15, 0.2) is 5.82 Å². The molecule has 4 aromatic rings. The molecule has 0 bridgehead atoms. The zero-order valence-electron chi connectivity index (χ0n) is 21.7. The number of hydrogen-bond donors (Lipinski definition) is 2. The highest BCUT2D eigenvalue weighted by molar-refractivity contribution is 6.35. The van der Waals surface area contributed by atoms with E-state index in [1.807, 2.05) is 67.4 Å². The second kappa shape index (κ2) is 9.42. The van der Waals surface area contributed by atoms with Crippen LogP contribution in [0.3, 0.4) is 0 Å². The van der Waals surface area contributed by atoms with Gasteiger partial charge in [0, 0.05) is 66.8 Å². The third-order valence-electron chi connectivity index (χ3n) is 7.37. The van der Waals surface area contributed by atoms with Crippen LogP contribution < -0.4 is 5.32 Å². The third-order valence-corrected chi connectivity index (χ3v) is 7.37. The Morgan fingerprint density at radius 2 is 1.87 bits per heavy atom. The third kappa shape index (κ3) is 4.20. The molecule has 192 valence electrons. The summed E-state index contributed by atoms with van der Waals surface area (Å²) >= 11 is 0. The van der Waals surface area contributed by atoms with Crippen molar-refractivity contribution in [1.29, 1.82) is 0 Å². The van der Waals surface area contributed by atoms with Gasteiger partial charge >= 0.3 is 0 Å². The van der Waals surface area contributed by atoms with Crippen molar-refractivity contribution in [1.82, 2.24) is 29.5 Å². The fourth-order valence-electron chi connectivity index (χ4n) is 5.15. The standard InChI is InChI=1S/C29H29N7O2/c1-18-25(32-19(2)27(18)29(38)35-12-10-34(3)11-13-35)15-23-22-14-20(7-8-24(22)33-28(23)37)21-16-31-36(17-21)26-6-4-5-9-30-26/h4-9,14-17,32H,10-13H2,1-3H3,(H,33,37). The number of aryl methyl sites for hydroxylation is 1. The predicted octanol–water partition coefficient (Wildman–Crippen LogP) is 3.76. The molecule has 1 aromatic carbocycles. The summed E-state index contributed by atoms with van der Waals surface area (Å²) < 4.78 is 1.73. The molecule has 0 unspecified atom stereocenters. The SMILES string of the molecule is Cc1[nH]c(C=C2C(=O)Nc3ccc(-c4cnn(-c5ccccn5)c4)cc32)c(C)c1C(=O)N1CCN(C)CC1. The molecule has 0 atom stereocenters. The van der Waals surface area contributed by atoms with Crippen LogP contribution in [-0.4, -0.2) is 74.6 Å². The summed E-state index contributed by atoms with van der Waals surface area (Å²) in [4.78, 5) is 38.2. The highest BCUT2D eigenvalue weighted by Crippen LogP contribution is 2.37. The number of pyridine rings is 1. The molecule has 9 heteroatoms. The van der Waals surface area contributed by atoms with Crippen molar-refractivity contribution in [3.8, 4) is 16.9 Å². The number of carbonyl (C=O) groups excluding carboxylic acids is 2. The normalized spacial score (nSPS) is 16.7. The van der Waals surface area contributed by atoms with Gasteiger partial charge in [-0.15, -0.1) is 0 Å². The summed E-state index contributed by atoms with van der Waals surface area (Å²) in [5, 5.41) is 7.42. The van der Waals surface area contributed by atoms with Crippen LogP contribution in [0.25, 0.3) is 28.6 Å².